The number of methoxy groups -OCH3 is 1. The Morgan fingerprint density at radius 1 is 1.09 bits per heavy atom. The van der Waals surface area contributed by atoms with Crippen molar-refractivity contribution in [2.75, 3.05) is 20.3 Å². The summed E-state index contributed by atoms with van der Waals surface area (Å²) in [4.78, 5) is 31.8. The zero-order chi connectivity index (χ0) is 24.1. The van der Waals surface area contributed by atoms with Crippen molar-refractivity contribution in [1.29, 1.82) is 0 Å². The summed E-state index contributed by atoms with van der Waals surface area (Å²) in [6.45, 7) is 3.31. The highest BCUT2D eigenvalue weighted by atomic mass is 16.5. The van der Waals surface area contributed by atoms with E-state index in [1.165, 1.54) is 12.0 Å². The Balaban J connectivity index is 1.76. The summed E-state index contributed by atoms with van der Waals surface area (Å²) in [6, 6.07) is 13.3. The average molecular weight is 462 g/mol. The van der Waals surface area contributed by atoms with Gasteiger partial charge in [-0.1, -0.05) is 36.4 Å². The van der Waals surface area contributed by atoms with Crippen molar-refractivity contribution in [2.24, 2.45) is 0 Å². The van der Waals surface area contributed by atoms with E-state index in [2.05, 4.69) is 4.98 Å². The van der Waals surface area contributed by atoms with E-state index in [1.54, 1.807) is 55.0 Å². The Hall–Kier alpha value is -4.07. The number of amides is 1. The minimum absolute atomic E-state index is 0.0602. The maximum atomic E-state index is 13.1. The van der Waals surface area contributed by atoms with Crippen LogP contribution in [-0.4, -0.2) is 51.5 Å². The molecule has 176 valence electrons. The fraction of sp³-hybridized carbons (Fsp3) is 0.269. The van der Waals surface area contributed by atoms with Gasteiger partial charge in [-0.05, 0) is 31.0 Å². The first kappa shape index (κ1) is 23.1. The summed E-state index contributed by atoms with van der Waals surface area (Å²) in [5, 5.41) is 11.1. The number of carbonyl (C=O) groups excluding carboxylic acids is 2. The molecule has 0 bridgehead atoms. The molecule has 0 radical (unpaired) electrons. The van der Waals surface area contributed by atoms with E-state index in [1.807, 2.05) is 23.8 Å². The second-order valence-electron chi connectivity index (χ2n) is 7.86. The number of imidazole rings is 1. The van der Waals surface area contributed by atoms with E-state index in [0.717, 1.165) is 0 Å². The summed E-state index contributed by atoms with van der Waals surface area (Å²) >= 11 is 0. The summed E-state index contributed by atoms with van der Waals surface area (Å²) < 4.78 is 13.0. The zero-order valence-corrected chi connectivity index (χ0v) is 19.2. The molecule has 3 aromatic rings. The highest BCUT2D eigenvalue weighted by Gasteiger charge is 2.46. The van der Waals surface area contributed by atoms with Crippen LogP contribution in [0.25, 0.3) is 5.76 Å². The minimum Gasteiger partial charge on any atom is -0.507 e. The smallest absolute Gasteiger partial charge is 0.295 e. The predicted molar refractivity (Wildman–Crippen MR) is 126 cm³/mol. The van der Waals surface area contributed by atoms with Crippen LogP contribution < -0.4 is 9.47 Å². The number of Topliss-reactive ketones (excluding diaryl/α,β-unsaturated/α-hetero) is 1. The van der Waals surface area contributed by atoms with E-state index >= 15 is 0 Å². The van der Waals surface area contributed by atoms with Crippen molar-refractivity contribution >= 4 is 17.4 Å². The second kappa shape index (κ2) is 10.2. The van der Waals surface area contributed by atoms with Crippen LogP contribution in [0.2, 0.25) is 0 Å². The van der Waals surface area contributed by atoms with Gasteiger partial charge in [-0.3, -0.25) is 9.59 Å². The molecule has 1 fully saturated rings. The number of benzene rings is 2. The Morgan fingerprint density at radius 3 is 2.56 bits per heavy atom. The first-order valence-electron chi connectivity index (χ1n) is 11.2. The first-order chi connectivity index (χ1) is 16.5. The van der Waals surface area contributed by atoms with Crippen LogP contribution >= 0.6 is 0 Å². The van der Waals surface area contributed by atoms with Crippen LogP contribution in [-0.2, 0) is 16.1 Å². The third kappa shape index (κ3) is 4.52. The average Bonchev–Trinajstić information content (AvgIpc) is 3.47. The molecule has 34 heavy (non-hydrogen) atoms. The third-order valence-corrected chi connectivity index (χ3v) is 5.76. The number of ether oxygens (including phenoxy) is 2. The molecule has 1 saturated heterocycles. The molecule has 1 N–H and O–H groups in total. The molecule has 1 unspecified atom stereocenters. The molecule has 0 saturated carbocycles. The van der Waals surface area contributed by atoms with E-state index in [0.29, 0.717) is 48.7 Å². The third-order valence-electron chi connectivity index (χ3n) is 5.76. The summed E-state index contributed by atoms with van der Waals surface area (Å²) in [5.74, 6) is -0.492. The van der Waals surface area contributed by atoms with Gasteiger partial charge in [0.15, 0.2) is 11.5 Å². The molecule has 0 aliphatic carbocycles. The van der Waals surface area contributed by atoms with Gasteiger partial charge in [0.25, 0.3) is 11.7 Å². The summed E-state index contributed by atoms with van der Waals surface area (Å²) in [5.41, 5.74) is 1.19. The fourth-order valence-corrected chi connectivity index (χ4v) is 4.18. The second-order valence-corrected chi connectivity index (χ2v) is 7.86. The van der Waals surface area contributed by atoms with Gasteiger partial charge in [0.2, 0.25) is 0 Å². The van der Waals surface area contributed by atoms with Crippen molar-refractivity contribution < 1.29 is 24.2 Å². The van der Waals surface area contributed by atoms with Gasteiger partial charge in [0.05, 0.1) is 31.7 Å². The van der Waals surface area contributed by atoms with Crippen LogP contribution in [0, 0.1) is 0 Å². The SMILES string of the molecule is CCOc1ccc(C2/C(=C(\O)c3ccccc3)C(=O)C(=O)N2CCCn2ccnc2)cc1OC. The summed E-state index contributed by atoms with van der Waals surface area (Å²) in [7, 11) is 1.54. The van der Waals surface area contributed by atoms with E-state index < -0.39 is 17.7 Å². The number of hydrogen-bond donors (Lipinski definition) is 1. The Bertz CT molecular complexity index is 1190. The molecule has 1 amide bonds. The number of rotatable bonds is 9. The summed E-state index contributed by atoms with van der Waals surface area (Å²) in [6.07, 6.45) is 5.86. The molecular weight excluding hydrogens is 434 g/mol. The first-order valence-corrected chi connectivity index (χ1v) is 11.2. The van der Waals surface area contributed by atoms with Crippen molar-refractivity contribution in [2.45, 2.75) is 25.9 Å². The number of ketones is 1. The lowest BCUT2D eigenvalue weighted by atomic mass is 9.95. The fourth-order valence-electron chi connectivity index (χ4n) is 4.18. The topological polar surface area (TPSA) is 93.9 Å². The molecule has 4 rings (SSSR count). The number of carbonyl (C=O) groups is 2. The Labute approximate surface area is 198 Å². The van der Waals surface area contributed by atoms with E-state index in [4.69, 9.17) is 9.47 Å². The number of hydrogen-bond acceptors (Lipinski definition) is 6. The van der Waals surface area contributed by atoms with Crippen LogP contribution in [0.4, 0.5) is 0 Å². The van der Waals surface area contributed by atoms with Crippen molar-refractivity contribution in [1.82, 2.24) is 14.5 Å². The van der Waals surface area contributed by atoms with Crippen molar-refractivity contribution in [3.05, 3.63) is 84.0 Å². The normalized spacial score (nSPS) is 17.2. The highest BCUT2D eigenvalue weighted by molar-refractivity contribution is 6.46. The molecule has 1 aromatic heterocycles. The maximum absolute atomic E-state index is 13.1. The molecule has 1 aliphatic heterocycles. The number of nitrogens with zero attached hydrogens (tertiary/aromatic N) is 3. The van der Waals surface area contributed by atoms with Crippen molar-refractivity contribution in [3.8, 4) is 11.5 Å². The lowest BCUT2D eigenvalue weighted by Crippen LogP contribution is -2.31. The van der Waals surface area contributed by atoms with Gasteiger partial charge >= 0.3 is 0 Å². The number of aromatic nitrogens is 2. The van der Waals surface area contributed by atoms with Gasteiger partial charge in [-0.2, -0.15) is 0 Å². The van der Waals surface area contributed by atoms with Crippen LogP contribution in [0.1, 0.15) is 30.5 Å². The monoisotopic (exact) mass is 461 g/mol. The molecule has 1 atom stereocenters. The molecule has 8 nitrogen and oxygen atoms in total. The maximum Gasteiger partial charge on any atom is 0.295 e. The minimum atomic E-state index is -0.757. The Kier molecular flexibility index (Phi) is 6.96. The highest BCUT2D eigenvalue weighted by Crippen LogP contribution is 2.42. The number of aliphatic hydroxyl groups excluding tert-OH is 1. The lowest BCUT2D eigenvalue weighted by Gasteiger charge is -2.26. The molecule has 2 aromatic carbocycles. The number of likely N-dealkylation sites (tertiary alicyclic amines) is 1. The zero-order valence-electron chi connectivity index (χ0n) is 19.2. The number of aryl methyl sites for hydroxylation is 1. The molecule has 0 spiro atoms. The largest absolute Gasteiger partial charge is 0.507 e. The van der Waals surface area contributed by atoms with Crippen LogP contribution in [0.5, 0.6) is 11.5 Å². The van der Waals surface area contributed by atoms with Gasteiger partial charge < -0.3 is 24.0 Å². The van der Waals surface area contributed by atoms with E-state index in [-0.39, 0.29) is 11.3 Å². The van der Waals surface area contributed by atoms with Crippen molar-refractivity contribution in [3.63, 3.8) is 0 Å². The Morgan fingerprint density at radius 2 is 1.88 bits per heavy atom. The van der Waals surface area contributed by atoms with Crippen LogP contribution in [0.15, 0.2) is 72.8 Å². The molecular formula is C26H27N3O5. The number of aliphatic hydroxyl groups is 1. The van der Waals surface area contributed by atoms with E-state index in [9.17, 15) is 14.7 Å². The molecule has 8 heteroatoms. The predicted octanol–water partition coefficient (Wildman–Crippen LogP) is 3.80. The molecule has 1 aliphatic rings. The van der Waals surface area contributed by atoms with Gasteiger partial charge in [-0.25, -0.2) is 4.98 Å². The molecule has 2 heterocycles. The van der Waals surface area contributed by atoms with Gasteiger partial charge in [0.1, 0.15) is 5.76 Å². The van der Waals surface area contributed by atoms with Gasteiger partial charge in [-0.15, -0.1) is 0 Å². The lowest BCUT2D eigenvalue weighted by molar-refractivity contribution is -0.139. The van der Waals surface area contributed by atoms with Gasteiger partial charge in [0, 0.05) is 31.0 Å². The standard InChI is InChI=1S/C26H27N3O5/c1-3-34-20-11-10-19(16-21(20)33-2)23-22(24(30)18-8-5-4-6-9-18)25(31)26(32)29(23)14-7-13-28-15-12-27-17-28/h4-6,8-12,15-17,23,30H,3,7,13-14H2,1-2H3/b24-22+. The van der Waals surface area contributed by atoms with Crippen LogP contribution in [0.3, 0.4) is 0 Å². The quantitative estimate of drug-likeness (QED) is 0.296.